The highest BCUT2D eigenvalue weighted by molar-refractivity contribution is 9.11. The topological polar surface area (TPSA) is 114 Å². The monoisotopic (exact) mass is 681 g/mol. The van der Waals surface area contributed by atoms with Crippen LogP contribution in [0.3, 0.4) is 0 Å². The number of nitrogens with zero attached hydrogens (tertiary/aromatic N) is 4. The van der Waals surface area contributed by atoms with Crippen LogP contribution >= 0.6 is 31.9 Å². The van der Waals surface area contributed by atoms with Gasteiger partial charge < -0.3 is 5.11 Å². The Morgan fingerprint density at radius 3 is 2.15 bits per heavy atom. The molecule has 0 spiro atoms. The van der Waals surface area contributed by atoms with Gasteiger partial charge in [-0.1, -0.05) is 6.07 Å². The highest BCUT2D eigenvalue weighted by Gasteiger charge is 2.51. The second kappa shape index (κ2) is 9.42. The Morgan fingerprint density at radius 2 is 1.54 bits per heavy atom. The summed E-state index contributed by atoms with van der Waals surface area (Å²) in [5.74, 6) is 1.91. The van der Waals surface area contributed by atoms with Gasteiger partial charge in [-0.15, -0.1) is 0 Å². The number of aryl methyl sites for hydroxylation is 2. The zero-order valence-corrected chi connectivity index (χ0v) is 25.8. The molecule has 212 valence electrons. The maximum Gasteiger partial charge on any atom is 0.335 e. The maximum absolute atomic E-state index is 13.0. The number of hydrogen-bond acceptors (Lipinski definition) is 5. The minimum Gasteiger partial charge on any atom is -0.493 e. The van der Waals surface area contributed by atoms with Crippen molar-refractivity contribution in [3.63, 3.8) is 0 Å². The fourth-order valence-corrected chi connectivity index (χ4v) is 9.09. The third kappa shape index (κ3) is 4.14. The van der Waals surface area contributed by atoms with Crippen LogP contribution in [0, 0.1) is 17.8 Å². The number of aliphatic imine (C=N–C) groups is 1. The van der Waals surface area contributed by atoms with Gasteiger partial charge in [0.2, 0.25) is 5.88 Å². The van der Waals surface area contributed by atoms with Gasteiger partial charge >= 0.3 is 11.4 Å². The van der Waals surface area contributed by atoms with E-state index < -0.39 is 17.1 Å². The highest BCUT2D eigenvalue weighted by Crippen LogP contribution is 2.61. The third-order valence-electron chi connectivity index (χ3n) is 9.63. The van der Waals surface area contributed by atoms with E-state index in [2.05, 4.69) is 54.0 Å². The molecule has 8 rings (SSSR count). The SMILES string of the molecule is Cn1c(=O)n(C)c2cc(N=Cc3c(O)n(-c4ccc(C56CC7CC(CC(C7)C5)C6)cc4Br)c(=O)[nH]c3=O)c(Br)cc21. The molecule has 0 amide bonds. The quantitative estimate of drug-likeness (QED) is 0.289. The Morgan fingerprint density at radius 1 is 0.927 bits per heavy atom. The first kappa shape index (κ1) is 26.7. The summed E-state index contributed by atoms with van der Waals surface area (Å²) < 4.78 is 5.42. The molecule has 2 N–H and O–H groups in total. The number of aromatic amines is 1. The van der Waals surface area contributed by atoms with Crippen molar-refractivity contribution >= 4 is 54.8 Å². The molecule has 41 heavy (non-hydrogen) atoms. The summed E-state index contributed by atoms with van der Waals surface area (Å²) >= 11 is 7.15. The lowest BCUT2D eigenvalue weighted by Crippen LogP contribution is -2.48. The van der Waals surface area contributed by atoms with Crippen LogP contribution in [0.2, 0.25) is 0 Å². The van der Waals surface area contributed by atoms with Crippen LogP contribution in [0.5, 0.6) is 5.88 Å². The van der Waals surface area contributed by atoms with Crippen LogP contribution in [-0.2, 0) is 19.5 Å². The van der Waals surface area contributed by atoms with Crippen molar-refractivity contribution in [3.05, 3.63) is 81.7 Å². The van der Waals surface area contributed by atoms with Crippen LogP contribution in [-0.4, -0.2) is 30.0 Å². The number of aromatic hydroxyl groups is 1. The van der Waals surface area contributed by atoms with E-state index in [4.69, 9.17) is 0 Å². The van der Waals surface area contributed by atoms with Crippen molar-refractivity contribution in [1.82, 2.24) is 18.7 Å². The third-order valence-corrected chi connectivity index (χ3v) is 10.9. The summed E-state index contributed by atoms with van der Waals surface area (Å²) in [5, 5.41) is 11.2. The van der Waals surface area contributed by atoms with E-state index in [0.29, 0.717) is 25.8 Å². The summed E-state index contributed by atoms with van der Waals surface area (Å²) in [4.78, 5) is 44.8. The molecule has 0 atom stereocenters. The molecule has 2 aromatic carbocycles. The molecule has 0 radical (unpaired) electrons. The van der Waals surface area contributed by atoms with Gasteiger partial charge in [0.1, 0.15) is 5.56 Å². The first-order valence-corrected chi connectivity index (χ1v) is 15.4. The number of aromatic nitrogens is 4. The lowest BCUT2D eigenvalue weighted by Gasteiger charge is -2.57. The van der Waals surface area contributed by atoms with Gasteiger partial charge in [0.05, 0.1) is 22.4 Å². The molecule has 0 saturated heterocycles. The lowest BCUT2D eigenvalue weighted by molar-refractivity contribution is -0.00521. The van der Waals surface area contributed by atoms with E-state index in [9.17, 15) is 19.5 Å². The summed E-state index contributed by atoms with van der Waals surface area (Å²) in [6.45, 7) is 0. The fraction of sp³-hybridized carbons (Fsp3) is 0.400. The van der Waals surface area contributed by atoms with E-state index in [-0.39, 0.29) is 16.7 Å². The van der Waals surface area contributed by atoms with E-state index in [1.807, 2.05) is 6.07 Å². The first-order valence-electron chi connectivity index (χ1n) is 13.8. The average molecular weight is 683 g/mol. The fourth-order valence-electron chi connectivity index (χ4n) is 8.10. The Bertz CT molecular complexity index is 1930. The molecule has 0 aliphatic heterocycles. The van der Waals surface area contributed by atoms with E-state index in [1.165, 1.54) is 59.4 Å². The normalized spacial score (nSPS) is 25.1. The number of fused-ring (bicyclic) bond motifs is 1. The summed E-state index contributed by atoms with van der Waals surface area (Å²) in [6.07, 6.45) is 8.95. The maximum atomic E-state index is 13.0. The molecule has 4 bridgehead atoms. The molecule has 4 aliphatic carbocycles. The molecule has 2 aromatic heterocycles. The van der Waals surface area contributed by atoms with Gasteiger partial charge in [-0.05, 0) is 123 Å². The van der Waals surface area contributed by atoms with Gasteiger partial charge in [0.15, 0.2) is 0 Å². The molecule has 4 fully saturated rings. The first-order chi connectivity index (χ1) is 19.5. The number of hydrogen-bond donors (Lipinski definition) is 2. The zero-order valence-electron chi connectivity index (χ0n) is 22.7. The smallest absolute Gasteiger partial charge is 0.335 e. The van der Waals surface area contributed by atoms with Gasteiger partial charge in [-0.3, -0.25) is 23.9 Å². The highest BCUT2D eigenvalue weighted by atomic mass is 79.9. The van der Waals surface area contributed by atoms with Gasteiger partial charge in [0.25, 0.3) is 5.56 Å². The number of rotatable bonds is 4. The van der Waals surface area contributed by atoms with Gasteiger partial charge in [0, 0.05) is 29.3 Å². The Hall–Kier alpha value is -3.18. The molecule has 11 heteroatoms. The van der Waals surface area contributed by atoms with Crippen LogP contribution in [0.4, 0.5) is 5.69 Å². The molecule has 4 saturated carbocycles. The van der Waals surface area contributed by atoms with Crippen molar-refractivity contribution < 1.29 is 5.11 Å². The molecule has 9 nitrogen and oxygen atoms in total. The molecule has 4 aliphatic rings. The lowest BCUT2D eigenvalue weighted by atomic mass is 9.48. The van der Waals surface area contributed by atoms with Crippen molar-refractivity contribution in [1.29, 1.82) is 0 Å². The van der Waals surface area contributed by atoms with Crippen LogP contribution in [0.15, 0.2) is 58.7 Å². The van der Waals surface area contributed by atoms with E-state index in [1.54, 1.807) is 26.2 Å². The number of benzene rings is 2. The van der Waals surface area contributed by atoms with Crippen molar-refractivity contribution in [3.8, 4) is 11.6 Å². The van der Waals surface area contributed by atoms with Crippen LogP contribution < -0.4 is 16.9 Å². The van der Waals surface area contributed by atoms with Crippen LogP contribution in [0.1, 0.15) is 49.7 Å². The van der Waals surface area contributed by atoms with Crippen LogP contribution in [0.25, 0.3) is 16.7 Å². The number of nitrogens with one attached hydrogen (secondary N) is 1. The summed E-state index contributed by atoms with van der Waals surface area (Å²) in [6, 6.07) is 9.51. The van der Waals surface area contributed by atoms with Crippen molar-refractivity contribution in [2.75, 3.05) is 0 Å². The Balaban J connectivity index is 1.27. The Labute approximate surface area is 251 Å². The molecular weight excluding hydrogens is 654 g/mol. The predicted octanol–water partition coefficient (Wildman–Crippen LogP) is 5.17. The zero-order chi connectivity index (χ0) is 28.8. The second-order valence-electron chi connectivity index (χ2n) is 12.1. The predicted molar refractivity (Wildman–Crippen MR) is 165 cm³/mol. The minimum atomic E-state index is -0.752. The molecular formula is C30H29Br2N5O4. The van der Waals surface area contributed by atoms with E-state index >= 15 is 0 Å². The molecule has 0 unspecified atom stereocenters. The van der Waals surface area contributed by atoms with E-state index in [0.717, 1.165) is 27.8 Å². The Kier molecular flexibility index (Phi) is 6.13. The average Bonchev–Trinajstić information content (AvgIpc) is 3.11. The number of imidazole rings is 1. The minimum absolute atomic E-state index is 0.157. The van der Waals surface area contributed by atoms with Crippen molar-refractivity contribution in [2.24, 2.45) is 36.8 Å². The number of H-pyrrole nitrogens is 1. The summed E-state index contributed by atoms with van der Waals surface area (Å²) in [7, 11) is 3.36. The van der Waals surface area contributed by atoms with Gasteiger partial charge in [-0.25, -0.2) is 14.2 Å². The second-order valence-corrected chi connectivity index (χ2v) is 13.9. The summed E-state index contributed by atoms with van der Waals surface area (Å²) in [5.41, 5.74) is 1.92. The molecule has 4 aromatic rings. The number of halogens is 2. The van der Waals surface area contributed by atoms with Crippen molar-refractivity contribution in [2.45, 2.75) is 43.9 Å². The molecule has 2 heterocycles. The largest absolute Gasteiger partial charge is 0.493 e. The van der Waals surface area contributed by atoms with Gasteiger partial charge in [-0.2, -0.15) is 0 Å². The standard InChI is InChI=1S/C30H29Br2N5O4/c1-35-24-9-20(31)22(10-25(24)36(2)29(35)41)33-14-19-26(38)34-28(40)37(27(19)39)23-4-3-18(8-21(23)32)30-11-15-5-16(12-30)7-17(6-15)13-30/h3-4,8-10,14-17,39H,5-7,11-13H2,1-2H3,(H,34,38,40).